The Labute approximate surface area is 90.9 Å². The molecule has 1 aromatic rings. The maximum atomic E-state index is 10.5. The Bertz CT molecular complexity index is 435. The van der Waals surface area contributed by atoms with Gasteiger partial charge in [0.1, 0.15) is 0 Å². The van der Waals surface area contributed by atoms with Crippen molar-refractivity contribution in [3.8, 4) is 0 Å². The van der Waals surface area contributed by atoms with Crippen LogP contribution in [0.4, 0.5) is 0 Å². The maximum Gasteiger partial charge on any atom is 0.264 e. The average Bonchev–Trinajstić information content (AvgIpc) is 2.09. The highest BCUT2D eigenvalue weighted by Crippen LogP contribution is 2.12. The summed E-state index contributed by atoms with van der Waals surface area (Å²) in [6.45, 7) is 4.01. The summed E-state index contributed by atoms with van der Waals surface area (Å²) in [4.78, 5) is 0. The second-order valence-corrected chi connectivity index (χ2v) is 5.39. The molecule has 0 aliphatic heterocycles. The third-order valence-electron chi connectivity index (χ3n) is 2.35. The number of hydrogen-bond donors (Lipinski definition) is 1. The van der Waals surface area contributed by atoms with Crippen molar-refractivity contribution in [2.45, 2.75) is 26.7 Å². The molecular formula is C11H16O3S. The first-order valence-electron chi connectivity index (χ1n) is 4.90. The lowest BCUT2D eigenvalue weighted by molar-refractivity contribution is 0.481. The summed E-state index contributed by atoms with van der Waals surface area (Å²) in [5.41, 5.74) is 3.48. The minimum Gasteiger partial charge on any atom is -0.286 e. The first kappa shape index (κ1) is 12.2. The van der Waals surface area contributed by atoms with E-state index in [0.717, 1.165) is 11.1 Å². The van der Waals surface area contributed by atoms with Crippen molar-refractivity contribution in [1.82, 2.24) is 0 Å². The zero-order valence-electron chi connectivity index (χ0n) is 9.03. The fourth-order valence-corrected chi connectivity index (χ4v) is 2.02. The van der Waals surface area contributed by atoms with Crippen LogP contribution in [-0.4, -0.2) is 18.7 Å². The normalized spacial score (nSPS) is 11.7. The second-order valence-electron chi connectivity index (χ2n) is 3.82. The van der Waals surface area contributed by atoms with E-state index < -0.39 is 10.1 Å². The van der Waals surface area contributed by atoms with Gasteiger partial charge in [-0.15, -0.1) is 0 Å². The minimum absolute atomic E-state index is 0.166. The molecule has 0 saturated heterocycles. The number of aryl methyl sites for hydroxylation is 3. The summed E-state index contributed by atoms with van der Waals surface area (Å²) in [6.07, 6.45) is 1.15. The van der Waals surface area contributed by atoms with Crippen molar-refractivity contribution >= 4 is 10.1 Å². The van der Waals surface area contributed by atoms with Gasteiger partial charge in [0.05, 0.1) is 5.75 Å². The molecule has 1 aromatic carbocycles. The Morgan fingerprint density at radius 2 is 1.93 bits per heavy atom. The first-order chi connectivity index (χ1) is 6.88. The molecule has 4 heteroatoms. The van der Waals surface area contributed by atoms with Crippen LogP contribution in [0.1, 0.15) is 23.1 Å². The van der Waals surface area contributed by atoms with E-state index in [1.807, 2.05) is 26.0 Å². The molecule has 3 nitrogen and oxygen atoms in total. The molecule has 0 aliphatic carbocycles. The molecule has 15 heavy (non-hydrogen) atoms. The molecule has 0 aliphatic rings. The van der Waals surface area contributed by atoms with Crippen LogP contribution in [0.3, 0.4) is 0 Å². The topological polar surface area (TPSA) is 54.4 Å². The van der Waals surface area contributed by atoms with Gasteiger partial charge in [0, 0.05) is 0 Å². The van der Waals surface area contributed by atoms with Crippen molar-refractivity contribution in [1.29, 1.82) is 0 Å². The highest BCUT2D eigenvalue weighted by molar-refractivity contribution is 7.85. The molecule has 0 amide bonds. The quantitative estimate of drug-likeness (QED) is 0.803. The van der Waals surface area contributed by atoms with Gasteiger partial charge in [-0.25, -0.2) is 0 Å². The molecule has 84 valence electrons. The molecule has 0 heterocycles. The van der Waals surface area contributed by atoms with Gasteiger partial charge in [-0.3, -0.25) is 4.55 Å². The van der Waals surface area contributed by atoms with Gasteiger partial charge in [0.25, 0.3) is 10.1 Å². The summed E-state index contributed by atoms with van der Waals surface area (Å²) in [5.74, 6) is -0.166. The molecule has 0 spiro atoms. The van der Waals surface area contributed by atoms with Crippen molar-refractivity contribution in [2.75, 3.05) is 5.75 Å². The van der Waals surface area contributed by atoms with Crippen LogP contribution in [0.25, 0.3) is 0 Å². The minimum atomic E-state index is -3.82. The summed E-state index contributed by atoms with van der Waals surface area (Å²) >= 11 is 0. The monoisotopic (exact) mass is 228 g/mol. The molecular weight excluding hydrogens is 212 g/mol. The summed E-state index contributed by atoms with van der Waals surface area (Å²) in [7, 11) is -3.82. The molecule has 0 bridgehead atoms. The SMILES string of the molecule is Cc1ccc(C)c(CCCS(=O)(=O)O)c1. The van der Waals surface area contributed by atoms with E-state index in [0.29, 0.717) is 12.8 Å². The number of rotatable bonds is 4. The molecule has 0 unspecified atom stereocenters. The van der Waals surface area contributed by atoms with Crippen molar-refractivity contribution in [2.24, 2.45) is 0 Å². The van der Waals surface area contributed by atoms with E-state index >= 15 is 0 Å². The van der Waals surface area contributed by atoms with Crippen LogP contribution in [0, 0.1) is 13.8 Å². The van der Waals surface area contributed by atoms with E-state index in [-0.39, 0.29) is 5.75 Å². The lowest BCUT2D eigenvalue weighted by Crippen LogP contribution is -2.05. The number of benzene rings is 1. The van der Waals surface area contributed by atoms with E-state index in [1.54, 1.807) is 0 Å². The van der Waals surface area contributed by atoms with E-state index in [1.165, 1.54) is 5.56 Å². The fourth-order valence-electron chi connectivity index (χ4n) is 1.51. The van der Waals surface area contributed by atoms with Crippen molar-refractivity contribution in [3.05, 3.63) is 34.9 Å². The molecule has 1 rings (SSSR count). The molecule has 0 saturated carbocycles. The lowest BCUT2D eigenvalue weighted by atomic mass is 10.0. The fraction of sp³-hybridized carbons (Fsp3) is 0.455. The van der Waals surface area contributed by atoms with Crippen LogP contribution in [0.5, 0.6) is 0 Å². The molecule has 0 radical (unpaired) electrons. The van der Waals surface area contributed by atoms with Crippen LogP contribution in [0.2, 0.25) is 0 Å². The standard InChI is InChI=1S/C11H16O3S/c1-9-5-6-10(2)11(8-9)4-3-7-15(12,13)14/h5-6,8H,3-4,7H2,1-2H3,(H,12,13,14). The number of hydrogen-bond acceptors (Lipinski definition) is 2. The molecule has 0 atom stereocenters. The van der Waals surface area contributed by atoms with Crippen molar-refractivity contribution < 1.29 is 13.0 Å². The van der Waals surface area contributed by atoms with Gasteiger partial charge in [0.2, 0.25) is 0 Å². The smallest absolute Gasteiger partial charge is 0.264 e. The third-order valence-corrected chi connectivity index (χ3v) is 3.16. The first-order valence-corrected chi connectivity index (χ1v) is 6.51. The van der Waals surface area contributed by atoms with Gasteiger partial charge in [0.15, 0.2) is 0 Å². The lowest BCUT2D eigenvalue weighted by Gasteiger charge is -2.06. The summed E-state index contributed by atoms with van der Waals surface area (Å²) < 4.78 is 29.6. The van der Waals surface area contributed by atoms with E-state index in [9.17, 15) is 8.42 Å². The summed E-state index contributed by atoms with van der Waals surface area (Å²) in [5, 5.41) is 0. The third kappa shape index (κ3) is 4.44. The highest BCUT2D eigenvalue weighted by Gasteiger charge is 2.05. The van der Waals surface area contributed by atoms with Crippen LogP contribution in [0.15, 0.2) is 18.2 Å². The zero-order valence-corrected chi connectivity index (χ0v) is 9.84. The van der Waals surface area contributed by atoms with Crippen LogP contribution in [-0.2, 0) is 16.5 Å². The van der Waals surface area contributed by atoms with Gasteiger partial charge in [-0.1, -0.05) is 23.8 Å². The highest BCUT2D eigenvalue weighted by atomic mass is 32.2. The largest absolute Gasteiger partial charge is 0.286 e. The Kier molecular flexibility index (Phi) is 3.88. The Morgan fingerprint density at radius 1 is 1.27 bits per heavy atom. The maximum absolute atomic E-state index is 10.5. The zero-order chi connectivity index (χ0) is 11.5. The van der Waals surface area contributed by atoms with Gasteiger partial charge < -0.3 is 0 Å². The predicted molar refractivity (Wildman–Crippen MR) is 60.7 cm³/mol. The average molecular weight is 228 g/mol. The van der Waals surface area contributed by atoms with Crippen LogP contribution < -0.4 is 0 Å². The second kappa shape index (κ2) is 4.77. The predicted octanol–water partition coefficient (Wildman–Crippen LogP) is 2.12. The van der Waals surface area contributed by atoms with Gasteiger partial charge in [-0.05, 0) is 37.8 Å². The Hall–Kier alpha value is -0.870. The van der Waals surface area contributed by atoms with Crippen LogP contribution >= 0.6 is 0 Å². The van der Waals surface area contributed by atoms with E-state index in [4.69, 9.17) is 4.55 Å². The van der Waals surface area contributed by atoms with E-state index in [2.05, 4.69) is 6.07 Å². The van der Waals surface area contributed by atoms with Crippen molar-refractivity contribution in [3.63, 3.8) is 0 Å². The Morgan fingerprint density at radius 3 is 2.53 bits per heavy atom. The molecule has 0 fully saturated rings. The molecule has 0 aromatic heterocycles. The summed E-state index contributed by atoms with van der Waals surface area (Å²) in [6, 6.07) is 6.11. The van der Waals surface area contributed by atoms with Gasteiger partial charge in [-0.2, -0.15) is 8.42 Å². The van der Waals surface area contributed by atoms with Gasteiger partial charge >= 0.3 is 0 Å². The molecule has 1 N–H and O–H groups in total. The Balaban J connectivity index is 2.61.